The zero-order chi connectivity index (χ0) is 11.4. The first kappa shape index (κ1) is 11.9. The Morgan fingerprint density at radius 2 is 2.00 bits per heavy atom. The zero-order valence-electron chi connectivity index (χ0n) is 8.88. The Bertz CT molecular complexity index is 362. The van der Waals surface area contributed by atoms with Crippen molar-refractivity contribution in [3.05, 3.63) is 28.8 Å². The molecule has 15 heavy (non-hydrogen) atoms. The summed E-state index contributed by atoms with van der Waals surface area (Å²) in [6.07, 6.45) is 0. The Morgan fingerprint density at radius 3 is 2.47 bits per heavy atom. The van der Waals surface area contributed by atoms with Gasteiger partial charge in [-0.3, -0.25) is 10.5 Å². The Hall–Kier alpha value is -1.22. The molecule has 1 aromatic rings. The SMILES string of the molecule is CCN(CC)c1ccc(Cl)cc1C([NH])=O. The first-order valence-corrected chi connectivity index (χ1v) is 5.28. The van der Waals surface area contributed by atoms with Gasteiger partial charge in [0.25, 0.3) is 5.91 Å². The van der Waals surface area contributed by atoms with Crippen molar-refractivity contribution in [1.82, 2.24) is 5.73 Å². The van der Waals surface area contributed by atoms with Gasteiger partial charge in [-0.05, 0) is 32.0 Å². The number of hydrogen-bond acceptors (Lipinski definition) is 2. The van der Waals surface area contributed by atoms with Crippen LogP contribution < -0.4 is 10.6 Å². The second-order valence-electron chi connectivity index (χ2n) is 3.16. The number of carbonyl (C=O) groups excluding carboxylic acids is 1. The summed E-state index contributed by atoms with van der Waals surface area (Å²) in [4.78, 5) is 13.2. The smallest absolute Gasteiger partial charge is 0.271 e. The van der Waals surface area contributed by atoms with Crippen LogP contribution >= 0.6 is 11.6 Å². The highest BCUT2D eigenvalue weighted by atomic mass is 35.5. The van der Waals surface area contributed by atoms with Crippen LogP contribution in [0.2, 0.25) is 5.02 Å². The predicted molar refractivity (Wildman–Crippen MR) is 62.4 cm³/mol. The lowest BCUT2D eigenvalue weighted by Gasteiger charge is -2.23. The molecule has 1 radical (unpaired) electrons. The fraction of sp³-hybridized carbons (Fsp3) is 0.364. The van der Waals surface area contributed by atoms with Crippen molar-refractivity contribution in [2.24, 2.45) is 0 Å². The van der Waals surface area contributed by atoms with E-state index in [1.165, 1.54) is 0 Å². The lowest BCUT2D eigenvalue weighted by molar-refractivity contribution is 0.0992. The van der Waals surface area contributed by atoms with Gasteiger partial charge in [0.15, 0.2) is 0 Å². The van der Waals surface area contributed by atoms with Crippen LogP contribution in [0.5, 0.6) is 0 Å². The van der Waals surface area contributed by atoms with Crippen molar-refractivity contribution >= 4 is 23.2 Å². The fourth-order valence-electron chi connectivity index (χ4n) is 1.53. The Kier molecular flexibility index (Phi) is 3.97. The van der Waals surface area contributed by atoms with Crippen molar-refractivity contribution < 1.29 is 4.79 Å². The molecule has 0 heterocycles. The number of halogens is 1. The van der Waals surface area contributed by atoms with E-state index in [1.807, 2.05) is 18.7 Å². The first-order chi connectivity index (χ1) is 7.10. The van der Waals surface area contributed by atoms with Gasteiger partial charge < -0.3 is 4.90 Å². The number of benzene rings is 1. The molecule has 0 unspecified atom stereocenters. The van der Waals surface area contributed by atoms with E-state index in [1.54, 1.807) is 18.2 Å². The largest absolute Gasteiger partial charge is 0.371 e. The van der Waals surface area contributed by atoms with Crippen LogP contribution in [0, 0.1) is 0 Å². The lowest BCUT2D eigenvalue weighted by atomic mass is 10.1. The van der Waals surface area contributed by atoms with E-state index < -0.39 is 5.91 Å². The molecule has 0 saturated carbocycles. The van der Waals surface area contributed by atoms with Gasteiger partial charge in [-0.25, -0.2) is 0 Å². The molecule has 0 spiro atoms. The minimum atomic E-state index is -0.695. The highest BCUT2D eigenvalue weighted by molar-refractivity contribution is 6.31. The van der Waals surface area contributed by atoms with Crippen LogP contribution in [0.25, 0.3) is 0 Å². The van der Waals surface area contributed by atoms with Gasteiger partial charge in [0.1, 0.15) is 0 Å². The maximum Gasteiger partial charge on any atom is 0.271 e. The number of carbonyl (C=O) groups is 1. The summed E-state index contributed by atoms with van der Waals surface area (Å²) in [5, 5.41) is 0.488. The summed E-state index contributed by atoms with van der Waals surface area (Å²) >= 11 is 5.80. The molecule has 0 fully saturated rings. The molecule has 0 aliphatic carbocycles. The number of amides is 1. The van der Waals surface area contributed by atoms with Gasteiger partial charge in [0, 0.05) is 23.8 Å². The van der Waals surface area contributed by atoms with Crippen LogP contribution in [0.15, 0.2) is 18.2 Å². The van der Waals surface area contributed by atoms with Gasteiger partial charge in [-0.1, -0.05) is 11.6 Å². The molecular formula is C11H14ClN2O. The molecule has 1 rings (SSSR count). The van der Waals surface area contributed by atoms with Crippen LogP contribution in [0.3, 0.4) is 0 Å². The third kappa shape index (κ3) is 2.63. The molecule has 0 aliphatic heterocycles. The third-order valence-electron chi connectivity index (χ3n) is 2.31. The van der Waals surface area contributed by atoms with E-state index >= 15 is 0 Å². The maximum atomic E-state index is 11.1. The molecule has 0 atom stereocenters. The van der Waals surface area contributed by atoms with Gasteiger partial charge in [-0.15, -0.1) is 0 Å². The van der Waals surface area contributed by atoms with Crippen LogP contribution in [-0.2, 0) is 0 Å². The minimum Gasteiger partial charge on any atom is -0.371 e. The van der Waals surface area contributed by atoms with E-state index in [-0.39, 0.29) is 0 Å². The maximum absolute atomic E-state index is 11.1. The lowest BCUT2D eigenvalue weighted by Crippen LogP contribution is -2.24. The molecule has 1 N–H and O–H groups in total. The molecular weight excluding hydrogens is 212 g/mol. The summed E-state index contributed by atoms with van der Waals surface area (Å²) in [5.74, 6) is -0.695. The molecule has 0 saturated heterocycles. The van der Waals surface area contributed by atoms with E-state index in [4.69, 9.17) is 17.3 Å². The van der Waals surface area contributed by atoms with Crippen LogP contribution in [0.1, 0.15) is 24.2 Å². The summed E-state index contributed by atoms with van der Waals surface area (Å²) in [6.45, 7) is 5.63. The Balaban J connectivity index is 3.21. The van der Waals surface area contributed by atoms with E-state index in [9.17, 15) is 4.79 Å². The molecule has 0 aliphatic rings. The first-order valence-electron chi connectivity index (χ1n) is 4.90. The summed E-state index contributed by atoms with van der Waals surface area (Å²) < 4.78 is 0. The molecule has 1 aromatic carbocycles. The van der Waals surface area contributed by atoms with Crippen molar-refractivity contribution in [2.75, 3.05) is 18.0 Å². The Labute approximate surface area is 94.8 Å². The van der Waals surface area contributed by atoms with Crippen molar-refractivity contribution in [2.45, 2.75) is 13.8 Å². The molecule has 81 valence electrons. The van der Waals surface area contributed by atoms with Gasteiger partial charge in [0.05, 0.1) is 5.56 Å². The summed E-state index contributed by atoms with van der Waals surface area (Å²) in [7, 11) is 0. The third-order valence-corrected chi connectivity index (χ3v) is 2.54. The molecule has 0 aromatic heterocycles. The normalized spacial score (nSPS) is 10.1. The second-order valence-corrected chi connectivity index (χ2v) is 3.60. The Morgan fingerprint density at radius 1 is 1.40 bits per heavy atom. The second kappa shape index (κ2) is 5.03. The fourth-order valence-corrected chi connectivity index (χ4v) is 1.70. The number of anilines is 1. The van der Waals surface area contributed by atoms with Crippen molar-refractivity contribution in [1.29, 1.82) is 0 Å². The van der Waals surface area contributed by atoms with Crippen LogP contribution in [-0.4, -0.2) is 19.0 Å². The topological polar surface area (TPSA) is 44.1 Å². The van der Waals surface area contributed by atoms with Crippen molar-refractivity contribution in [3.63, 3.8) is 0 Å². The quantitative estimate of drug-likeness (QED) is 0.791. The van der Waals surface area contributed by atoms with E-state index in [0.717, 1.165) is 18.8 Å². The average molecular weight is 226 g/mol. The highest BCUT2D eigenvalue weighted by Crippen LogP contribution is 2.24. The number of hydrogen-bond donors (Lipinski definition) is 0. The minimum absolute atomic E-state index is 0.367. The molecule has 3 nitrogen and oxygen atoms in total. The number of rotatable bonds is 4. The standard InChI is InChI=1S/C11H14ClN2O/c1-3-14(4-2)10-6-5-8(12)7-9(10)11(13)15/h5-7,13H,3-4H2,1-2H3. The summed E-state index contributed by atoms with van der Waals surface area (Å²) in [6, 6.07) is 5.07. The van der Waals surface area contributed by atoms with E-state index in [0.29, 0.717) is 10.6 Å². The molecule has 1 amide bonds. The number of nitrogens with one attached hydrogen (secondary N) is 1. The van der Waals surface area contributed by atoms with Crippen LogP contribution in [0.4, 0.5) is 5.69 Å². The predicted octanol–water partition coefficient (Wildman–Crippen LogP) is 2.61. The summed E-state index contributed by atoms with van der Waals surface area (Å²) in [5.41, 5.74) is 8.32. The molecule has 0 bridgehead atoms. The van der Waals surface area contributed by atoms with E-state index in [2.05, 4.69) is 0 Å². The van der Waals surface area contributed by atoms with Gasteiger partial charge in [-0.2, -0.15) is 0 Å². The zero-order valence-corrected chi connectivity index (χ0v) is 9.64. The average Bonchev–Trinajstić information content (AvgIpc) is 2.21. The van der Waals surface area contributed by atoms with Gasteiger partial charge >= 0.3 is 0 Å². The monoisotopic (exact) mass is 225 g/mol. The van der Waals surface area contributed by atoms with Gasteiger partial charge in [0.2, 0.25) is 0 Å². The highest BCUT2D eigenvalue weighted by Gasteiger charge is 2.13. The molecule has 4 heteroatoms. The van der Waals surface area contributed by atoms with Crippen molar-refractivity contribution in [3.8, 4) is 0 Å². The number of nitrogens with zero attached hydrogens (tertiary/aromatic N) is 1.